The minimum atomic E-state index is 0.467. The van der Waals surface area contributed by atoms with Crippen LogP contribution in [-0.4, -0.2) is 28.0 Å². The van der Waals surface area contributed by atoms with Crippen molar-refractivity contribution in [2.45, 2.75) is 39.7 Å². The largest absolute Gasteiger partial charge is 0.297 e. The average Bonchev–Trinajstić information content (AvgIpc) is 2.58. The highest BCUT2D eigenvalue weighted by Gasteiger charge is 2.19. The Labute approximate surface area is 115 Å². The fourth-order valence-corrected chi connectivity index (χ4v) is 2.75. The molecule has 1 atom stereocenters. The summed E-state index contributed by atoms with van der Waals surface area (Å²) in [6.07, 6.45) is 7.38. The molecule has 0 spiro atoms. The maximum atomic E-state index is 5.75. The van der Waals surface area contributed by atoms with Crippen LogP contribution in [0.3, 0.4) is 0 Å². The third kappa shape index (κ3) is 3.92. The van der Waals surface area contributed by atoms with Crippen LogP contribution in [-0.2, 0) is 6.54 Å². The lowest BCUT2D eigenvalue weighted by Crippen LogP contribution is -2.25. The topological polar surface area (TPSA) is 29.0 Å². The molecule has 100 valence electrons. The number of likely N-dealkylation sites (tertiary alicyclic amines) is 1. The van der Waals surface area contributed by atoms with Crippen molar-refractivity contribution in [1.29, 1.82) is 0 Å². The van der Waals surface area contributed by atoms with Crippen LogP contribution in [0.5, 0.6) is 0 Å². The summed E-state index contributed by atoms with van der Waals surface area (Å²) in [5.74, 6) is 1.69. The van der Waals surface area contributed by atoms with Crippen molar-refractivity contribution in [2.75, 3.05) is 13.1 Å². The van der Waals surface area contributed by atoms with E-state index in [0.717, 1.165) is 24.1 Å². The van der Waals surface area contributed by atoms with Crippen molar-refractivity contribution >= 4 is 11.6 Å². The van der Waals surface area contributed by atoms with E-state index in [-0.39, 0.29) is 0 Å². The smallest absolute Gasteiger partial charge is 0.147 e. The van der Waals surface area contributed by atoms with Gasteiger partial charge in [0.1, 0.15) is 5.15 Å². The molecule has 0 N–H and O–H groups in total. The summed E-state index contributed by atoms with van der Waals surface area (Å²) in [4.78, 5) is 10.9. The zero-order valence-electron chi connectivity index (χ0n) is 11.3. The van der Waals surface area contributed by atoms with Gasteiger partial charge in [-0.2, -0.15) is 0 Å². The number of halogens is 1. The van der Waals surface area contributed by atoms with Crippen LogP contribution < -0.4 is 0 Å². The van der Waals surface area contributed by atoms with Gasteiger partial charge in [-0.05, 0) is 44.2 Å². The van der Waals surface area contributed by atoms with Crippen molar-refractivity contribution in [3.63, 3.8) is 0 Å². The van der Waals surface area contributed by atoms with Gasteiger partial charge in [0.15, 0.2) is 0 Å². The first kappa shape index (κ1) is 13.8. The van der Waals surface area contributed by atoms with E-state index in [1.165, 1.54) is 32.4 Å². The molecular formula is C14H22ClN3. The molecule has 0 radical (unpaired) electrons. The summed E-state index contributed by atoms with van der Waals surface area (Å²) in [7, 11) is 0. The zero-order valence-corrected chi connectivity index (χ0v) is 12.0. The molecule has 0 saturated carbocycles. The number of nitrogens with zero attached hydrogens (tertiary/aromatic N) is 3. The SMILES string of the molecule is CC(C)C1CCCN(Cc2cnc(Cl)cn2)CC1. The van der Waals surface area contributed by atoms with E-state index in [0.29, 0.717) is 5.15 Å². The molecule has 1 aromatic rings. The minimum absolute atomic E-state index is 0.467. The van der Waals surface area contributed by atoms with E-state index in [1.54, 1.807) is 12.4 Å². The third-order valence-corrected chi connectivity index (χ3v) is 4.06. The standard InChI is InChI=1S/C14H22ClN3/c1-11(2)12-4-3-6-18(7-5-12)10-13-8-17-14(15)9-16-13/h8-9,11-12H,3-7,10H2,1-2H3. The number of hydrogen-bond acceptors (Lipinski definition) is 3. The highest BCUT2D eigenvalue weighted by atomic mass is 35.5. The second kappa shape index (κ2) is 6.48. The molecule has 0 aliphatic carbocycles. The zero-order chi connectivity index (χ0) is 13.0. The van der Waals surface area contributed by atoms with Gasteiger partial charge in [-0.25, -0.2) is 4.98 Å². The quantitative estimate of drug-likeness (QED) is 0.841. The first-order valence-electron chi connectivity index (χ1n) is 6.84. The van der Waals surface area contributed by atoms with Gasteiger partial charge < -0.3 is 0 Å². The van der Waals surface area contributed by atoms with Gasteiger partial charge in [0.2, 0.25) is 0 Å². The lowest BCUT2D eigenvalue weighted by atomic mass is 9.89. The minimum Gasteiger partial charge on any atom is -0.297 e. The monoisotopic (exact) mass is 267 g/mol. The van der Waals surface area contributed by atoms with Gasteiger partial charge in [-0.1, -0.05) is 25.4 Å². The maximum Gasteiger partial charge on any atom is 0.147 e. The Morgan fingerprint density at radius 1 is 1.28 bits per heavy atom. The highest BCUT2D eigenvalue weighted by Crippen LogP contribution is 2.25. The van der Waals surface area contributed by atoms with E-state index in [9.17, 15) is 0 Å². The van der Waals surface area contributed by atoms with Crippen LogP contribution in [0.15, 0.2) is 12.4 Å². The lowest BCUT2D eigenvalue weighted by Gasteiger charge is -2.20. The Morgan fingerprint density at radius 2 is 2.11 bits per heavy atom. The molecule has 1 aromatic heterocycles. The van der Waals surface area contributed by atoms with E-state index < -0.39 is 0 Å². The molecule has 0 aromatic carbocycles. The highest BCUT2D eigenvalue weighted by molar-refractivity contribution is 6.29. The van der Waals surface area contributed by atoms with E-state index in [2.05, 4.69) is 28.7 Å². The van der Waals surface area contributed by atoms with Crippen molar-refractivity contribution in [3.05, 3.63) is 23.2 Å². The molecule has 2 rings (SSSR count). The normalized spacial score (nSPS) is 22.1. The van der Waals surface area contributed by atoms with E-state index in [1.807, 2.05) is 0 Å². The van der Waals surface area contributed by atoms with Gasteiger partial charge in [0.05, 0.1) is 18.1 Å². The van der Waals surface area contributed by atoms with Crippen LogP contribution in [0.1, 0.15) is 38.8 Å². The fourth-order valence-electron chi connectivity index (χ4n) is 2.66. The van der Waals surface area contributed by atoms with Gasteiger partial charge in [0, 0.05) is 6.54 Å². The van der Waals surface area contributed by atoms with Gasteiger partial charge in [-0.15, -0.1) is 0 Å². The molecule has 1 fully saturated rings. The molecule has 1 aliphatic rings. The third-order valence-electron chi connectivity index (χ3n) is 3.87. The molecule has 4 heteroatoms. The Bertz CT molecular complexity index is 364. The molecule has 1 unspecified atom stereocenters. The van der Waals surface area contributed by atoms with Crippen molar-refractivity contribution in [3.8, 4) is 0 Å². The molecule has 0 bridgehead atoms. The molecule has 0 amide bonds. The van der Waals surface area contributed by atoms with Gasteiger partial charge >= 0.3 is 0 Å². The Hall–Kier alpha value is -0.670. The summed E-state index contributed by atoms with van der Waals surface area (Å²) in [5, 5.41) is 0.467. The van der Waals surface area contributed by atoms with Crippen molar-refractivity contribution in [1.82, 2.24) is 14.9 Å². The summed E-state index contributed by atoms with van der Waals surface area (Å²) in [6.45, 7) is 7.92. The molecule has 3 nitrogen and oxygen atoms in total. The first-order valence-corrected chi connectivity index (χ1v) is 7.21. The van der Waals surface area contributed by atoms with E-state index >= 15 is 0 Å². The van der Waals surface area contributed by atoms with Crippen molar-refractivity contribution < 1.29 is 0 Å². The van der Waals surface area contributed by atoms with Crippen LogP contribution in [0, 0.1) is 11.8 Å². The summed E-state index contributed by atoms with van der Waals surface area (Å²) < 4.78 is 0. The van der Waals surface area contributed by atoms with Crippen LogP contribution >= 0.6 is 11.6 Å². The second-order valence-corrected chi connectivity index (χ2v) is 5.93. The molecule has 1 saturated heterocycles. The van der Waals surface area contributed by atoms with Gasteiger partial charge in [-0.3, -0.25) is 9.88 Å². The number of aromatic nitrogens is 2. The second-order valence-electron chi connectivity index (χ2n) is 5.54. The molecular weight excluding hydrogens is 246 g/mol. The predicted octanol–water partition coefficient (Wildman–Crippen LogP) is 3.39. The molecule has 18 heavy (non-hydrogen) atoms. The summed E-state index contributed by atoms with van der Waals surface area (Å²) in [6, 6.07) is 0. The van der Waals surface area contributed by atoms with Crippen molar-refractivity contribution in [2.24, 2.45) is 11.8 Å². The fraction of sp³-hybridized carbons (Fsp3) is 0.714. The maximum absolute atomic E-state index is 5.75. The van der Waals surface area contributed by atoms with E-state index in [4.69, 9.17) is 11.6 Å². The molecule has 1 aliphatic heterocycles. The van der Waals surface area contributed by atoms with Crippen LogP contribution in [0.2, 0.25) is 5.15 Å². The molecule has 2 heterocycles. The number of rotatable bonds is 3. The Morgan fingerprint density at radius 3 is 2.78 bits per heavy atom. The van der Waals surface area contributed by atoms with Crippen LogP contribution in [0.25, 0.3) is 0 Å². The van der Waals surface area contributed by atoms with Crippen LogP contribution in [0.4, 0.5) is 0 Å². The number of hydrogen-bond donors (Lipinski definition) is 0. The first-order chi connectivity index (χ1) is 8.65. The predicted molar refractivity (Wildman–Crippen MR) is 74.5 cm³/mol. The summed E-state index contributed by atoms with van der Waals surface area (Å²) in [5.41, 5.74) is 1.02. The summed E-state index contributed by atoms with van der Waals surface area (Å²) >= 11 is 5.75. The Kier molecular flexibility index (Phi) is 4.95. The average molecular weight is 268 g/mol. The van der Waals surface area contributed by atoms with Gasteiger partial charge in [0.25, 0.3) is 0 Å². The Balaban J connectivity index is 1.88. The lowest BCUT2D eigenvalue weighted by molar-refractivity contribution is 0.261.